The summed E-state index contributed by atoms with van der Waals surface area (Å²) in [6, 6.07) is 12.8. The van der Waals surface area contributed by atoms with Crippen molar-refractivity contribution in [3.8, 4) is 11.4 Å². The summed E-state index contributed by atoms with van der Waals surface area (Å²) in [5.74, 6) is 4.68. The SMILES string of the molecule is BrC1CCC2C(C1)SC1CC(Br)CC3C4CC(c5nc(C6=CCCC=C6)nc(-c6ccccc6)n5)CCC4N2C13. The molecule has 0 spiro atoms. The quantitative estimate of drug-likeness (QED) is 0.306. The van der Waals surface area contributed by atoms with Gasteiger partial charge in [-0.2, -0.15) is 11.8 Å². The van der Waals surface area contributed by atoms with E-state index in [-0.39, 0.29) is 0 Å². The maximum Gasteiger partial charge on any atom is 0.163 e. The number of hydrogen-bond acceptors (Lipinski definition) is 5. The minimum absolute atomic E-state index is 0.413. The van der Waals surface area contributed by atoms with Crippen molar-refractivity contribution >= 4 is 49.2 Å². The smallest absolute Gasteiger partial charge is 0.163 e. The Hall–Kier alpha value is -1.02. The first-order valence-electron chi connectivity index (χ1n) is 15.5. The minimum atomic E-state index is 0.413. The summed E-state index contributed by atoms with van der Waals surface area (Å²) in [6.45, 7) is 0. The third-order valence-electron chi connectivity index (χ3n) is 10.7. The van der Waals surface area contributed by atoms with Gasteiger partial charge in [0.1, 0.15) is 5.82 Å². The van der Waals surface area contributed by atoms with Crippen LogP contribution in [-0.2, 0) is 0 Å². The van der Waals surface area contributed by atoms with Crippen LogP contribution in [0.3, 0.4) is 0 Å². The van der Waals surface area contributed by atoms with Crippen LogP contribution in [0.15, 0.2) is 48.6 Å². The topological polar surface area (TPSA) is 41.9 Å². The zero-order chi connectivity index (χ0) is 26.8. The van der Waals surface area contributed by atoms with E-state index in [1.54, 1.807) is 0 Å². The normalized spacial score (nSPS) is 40.6. The fraction of sp³-hybridized carbons (Fsp3) is 0.606. The molecule has 6 aliphatic rings. The van der Waals surface area contributed by atoms with Gasteiger partial charge < -0.3 is 0 Å². The molecule has 5 fully saturated rings. The van der Waals surface area contributed by atoms with Gasteiger partial charge in [0, 0.05) is 55.3 Å². The maximum atomic E-state index is 5.21. The molecule has 2 saturated heterocycles. The number of rotatable bonds is 3. The fourth-order valence-corrected chi connectivity index (χ4v) is 13.2. The molecule has 1 aromatic carbocycles. The third-order valence-corrected chi connectivity index (χ3v) is 14.0. The van der Waals surface area contributed by atoms with E-state index in [4.69, 9.17) is 15.0 Å². The van der Waals surface area contributed by atoms with E-state index in [0.717, 1.165) is 81.9 Å². The predicted octanol–water partition coefficient (Wildman–Crippen LogP) is 8.18. The molecule has 3 heterocycles. The predicted molar refractivity (Wildman–Crippen MR) is 172 cm³/mol. The molecule has 0 bridgehead atoms. The summed E-state index contributed by atoms with van der Waals surface area (Å²) < 4.78 is 0. The number of fused-ring (bicyclic) bond motifs is 5. The molecule has 3 saturated carbocycles. The summed E-state index contributed by atoms with van der Waals surface area (Å²) in [5.41, 5.74) is 2.24. The highest BCUT2D eigenvalue weighted by molar-refractivity contribution is 9.09. The van der Waals surface area contributed by atoms with Crippen LogP contribution in [0.1, 0.15) is 81.8 Å². The number of thioether (sulfide) groups is 1. The molecule has 10 unspecified atom stereocenters. The largest absolute Gasteiger partial charge is 0.292 e. The Morgan fingerprint density at radius 3 is 2.42 bits per heavy atom. The molecule has 2 aliphatic heterocycles. The first kappa shape index (κ1) is 26.6. The number of halogens is 2. The first-order chi connectivity index (χ1) is 19.6. The molecular weight excluding hydrogens is 644 g/mol. The fourth-order valence-electron chi connectivity index (χ4n) is 9.09. The van der Waals surface area contributed by atoms with Gasteiger partial charge >= 0.3 is 0 Å². The monoisotopic (exact) mass is 680 g/mol. The summed E-state index contributed by atoms with van der Waals surface area (Å²) in [6.07, 6.45) is 19.3. The van der Waals surface area contributed by atoms with Crippen molar-refractivity contribution in [2.45, 2.75) is 108 Å². The van der Waals surface area contributed by atoms with Crippen LogP contribution in [0.25, 0.3) is 17.0 Å². The van der Waals surface area contributed by atoms with Gasteiger partial charge in [0.25, 0.3) is 0 Å². The number of allylic oxidation sites excluding steroid dienone is 4. The lowest BCUT2D eigenvalue weighted by Crippen LogP contribution is -2.61. The molecule has 10 atom stereocenters. The van der Waals surface area contributed by atoms with E-state index in [0.29, 0.717) is 15.6 Å². The molecule has 40 heavy (non-hydrogen) atoms. The number of hydrogen-bond donors (Lipinski definition) is 0. The Bertz CT molecular complexity index is 1320. The van der Waals surface area contributed by atoms with E-state index in [2.05, 4.69) is 97.1 Å². The molecule has 4 aliphatic carbocycles. The Morgan fingerprint density at radius 1 is 0.750 bits per heavy atom. The standard InChI is InChI=1S/C33H38Br2N4S/c34-22-12-14-27-28(17-22)40-29-18-23(35)16-25-24-15-21(11-13-26(24)39(27)30(25)29)33-37-31(19-7-3-1-4-8-19)36-32(38-33)20-9-5-2-6-10-20/h1,3-5,7-10,21-30H,2,6,11-18H2. The van der Waals surface area contributed by atoms with Crippen LogP contribution in [0, 0.1) is 11.8 Å². The number of alkyl halides is 2. The summed E-state index contributed by atoms with van der Waals surface area (Å²) >= 11 is 10.5. The van der Waals surface area contributed by atoms with Gasteiger partial charge in [-0.1, -0.05) is 80.4 Å². The molecule has 0 amide bonds. The Labute approximate surface area is 259 Å². The summed E-state index contributed by atoms with van der Waals surface area (Å²) in [5, 5.41) is 1.58. The molecular formula is C33H38Br2N4S. The summed E-state index contributed by atoms with van der Waals surface area (Å²) in [4.78, 5) is 19.9. The van der Waals surface area contributed by atoms with Gasteiger partial charge in [0.2, 0.25) is 0 Å². The molecule has 210 valence electrons. The second-order valence-corrected chi connectivity index (χ2v) is 17.0. The maximum absolute atomic E-state index is 5.21. The van der Waals surface area contributed by atoms with Crippen LogP contribution in [0.4, 0.5) is 0 Å². The van der Waals surface area contributed by atoms with Crippen molar-refractivity contribution in [1.29, 1.82) is 0 Å². The molecule has 0 radical (unpaired) electrons. The molecule has 0 N–H and O–H groups in total. The molecule has 7 heteroatoms. The van der Waals surface area contributed by atoms with Crippen molar-refractivity contribution < 1.29 is 0 Å². The van der Waals surface area contributed by atoms with Gasteiger partial charge in [-0.15, -0.1) is 0 Å². The zero-order valence-electron chi connectivity index (χ0n) is 22.9. The lowest BCUT2D eigenvalue weighted by molar-refractivity contribution is 0.0621. The molecule has 1 aromatic heterocycles. The molecule has 8 rings (SSSR count). The van der Waals surface area contributed by atoms with Gasteiger partial charge in [-0.3, -0.25) is 4.90 Å². The van der Waals surface area contributed by atoms with E-state index in [1.807, 2.05) is 0 Å². The van der Waals surface area contributed by atoms with Crippen LogP contribution in [0.5, 0.6) is 0 Å². The van der Waals surface area contributed by atoms with Gasteiger partial charge in [-0.05, 0) is 76.0 Å². The average molecular weight is 683 g/mol. The van der Waals surface area contributed by atoms with Crippen molar-refractivity contribution in [1.82, 2.24) is 19.9 Å². The number of nitrogens with zero attached hydrogens (tertiary/aromatic N) is 4. The first-order valence-corrected chi connectivity index (χ1v) is 18.3. The molecule has 4 nitrogen and oxygen atoms in total. The highest BCUT2D eigenvalue weighted by atomic mass is 79.9. The Balaban J connectivity index is 1.13. The number of aromatic nitrogens is 3. The van der Waals surface area contributed by atoms with Gasteiger partial charge in [0.05, 0.1) is 0 Å². The van der Waals surface area contributed by atoms with E-state index in [1.165, 1.54) is 51.4 Å². The second kappa shape index (κ2) is 10.9. The van der Waals surface area contributed by atoms with Crippen molar-refractivity contribution in [3.63, 3.8) is 0 Å². The highest BCUT2D eigenvalue weighted by Crippen LogP contribution is 2.60. The number of benzene rings is 1. The lowest BCUT2D eigenvalue weighted by Gasteiger charge is -2.54. The Kier molecular flexibility index (Phi) is 7.26. The average Bonchev–Trinajstić information content (AvgIpc) is 3.32. The van der Waals surface area contributed by atoms with Crippen molar-refractivity contribution in [2.75, 3.05) is 0 Å². The second-order valence-electron chi connectivity index (χ2n) is 12.9. The van der Waals surface area contributed by atoms with Crippen LogP contribution in [0.2, 0.25) is 0 Å². The lowest BCUT2D eigenvalue weighted by atomic mass is 9.70. The zero-order valence-corrected chi connectivity index (χ0v) is 26.9. The Morgan fingerprint density at radius 2 is 1.57 bits per heavy atom. The van der Waals surface area contributed by atoms with E-state index in [9.17, 15) is 0 Å². The van der Waals surface area contributed by atoms with Gasteiger partial charge in [-0.25, -0.2) is 15.0 Å². The van der Waals surface area contributed by atoms with E-state index >= 15 is 0 Å². The van der Waals surface area contributed by atoms with Crippen LogP contribution in [-0.4, -0.2) is 58.1 Å². The van der Waals surface area contributed by atoms with E-state index < -0.39 is 0 Å². The van der Waals surface area contributed by atoms with Gasteiger partial charge in [0.15, 0.2) is 11.6 Å². The molecule has 2 aromatic rings. The van der Waals surface area contributed by atoms with Crippen molar-refractivity contribution in [2.24, 2.45) is 11.8 Å². The van der Waals surface area contributed by atoms with Crippen LogP contribution >= 0.6 is 43.6 Å². The highest BCUT2D eigenvalue weighted by Gasteiger charge is 2.61. The van der Waals surface area contributed by atoms with Crippen LogP contribution < -0.4 is 0 Å². The minimum Gasteiger partial charge on any atom is -0.292 e. The van der Waals surface area contributed by atoms with Crippen molar-refractivity contribution in [3.05, 3.63) is 60.2 Å². The summed E-state index contributed by atoms with van der Waals surface area (Å²) in [7, 11) is 0. The third kappa shape index (κ3) is 4.69.